The summed E-state index contributed by atoms with van der Waals surface area (Å²) in [6.45, 7) is 1.33. The van der Waals surface area contributed by atoms with Crippen LogP contribution in [0.2, 0.25) is 0 Å². The predicted molar refractivity (Wildman–Crippen MR) is 60.9 cm³/mol. The first-order valence-corrected chi connectivity index (χ1v) is 5.68. The highest BCUT2D eigenvalue weighted by molar-refractivity contribution is 5.92. The molecule has 1 saturated carbocycles. The largest absolute Gasteiger partial charge is 0.459 e. The Bertz CT molecular complexity index is 387. The van der Waals surface area contributed by atoms with Crippen LogP contribution in [0.1, 0.15) is 29.0 Å². The van der Waals surface area contributed by atoms with Gasteiger partial charge in [-0.15, -0.1) is 0 Å². The molecule has 1 aliphatic carbocycles. The van der Waals surface area contributed by atoms with Crippen molar-refractivity contribution in [3.05, 3.63) is 23.7 Å². The topological polar surface area (TPSA) is 91.7 Å². The van der Waals surface area contributed by atoms with E-state index < -0.39 is 5.91 Å². The Morgan fingerprint density at radius 2 is 2.41 bits per heavy atom. The lowest BCUT2D eigenvalue weighted by molar-refractivity contribution is 0.0922. The summed E-state index contributed by atoms with van der Waals surface area (Å²) in [5.41, 5.74) is 2.86. The standard InChI is InChI=1S/C11H17N3O3/c12-13-11(16)10-8(3-6-17-10)7-14(4-5-15)9-1-2-9/h3,6,9,15H,1-2,4-5,7,12H2,(H,13,16). The zero-order valence-corrected chi connectivity index (χ0v) is 9.56. The molecule has 4 N–H and O–H groups in total. The molecule has 1 heterocycles. The lowest BCUT2D eigenvalue weighted by Crippen LogP contribution is -2.32. The quantitative estimate of drug-likeness (QED) is 0.364. The first-order valence-electron chi connectivity index (χ1n) is 5.68. The number of nitrogens with two attached hydrogens (primary N) is 1. The van der Waals surface area contributed by atoms with E-state index in [2.05, 4.69) is 10.3 Å². The van der Waals surface area contributed by atoms with Gasteiger partial charge >= 0.3 is 5.91 Å². The molecule has 1 fully saturated rings. The second kappa shape index (κ2) is 5.31. The van der Waals surface area contributed by atoms with Crippen molar-refractivity contribution in [3.63, 3.8) is 0 Å². The third-order valence-electron chi connectivity index (χ3n) is 2.91. The lowest BCUT2D eigenvalue weighted by Gasteiger charge is -2.20. The Labute approximate surface area is 99.3 Å². The van der Waals surface area contributed by atoms with E-state index in [9.17, 15) is 4.79 Å². The van der Waals surface area contributed by atoms with Crippen LogP contribution in [0.5, 0.6) is 0 Å². The smallest absolute Gasteiger partial charge is 0.301 e. The second-order valence-electron chi connectivity index (χ2n) is 4.17. The van der Waals surface area contributed by atoms with Crippen LogP contribution in [0.4, 0.5) is 0 Å². The minimum Gasteiger partial charge on any atom is -0.459 e. The van der Waals surface area contributed by atoms with Gasteiger partial charge in [-0.25, -0.2) is 5.84 Å². The summed E-state index contributed by atoms with van der Waals surface area (Å²) < 4.78 is 5.12. The Balaban J connectivity index is 2.06. The van der Waals surface area contributed by atoms with Crippen LogP contribution in [-0.2, 0) is 6.54 Å². The fourth-order valence-corrected chi connectivity index (χ4v) is 1.90. The molecule has 0 aromatic carbocycles. The zero-order valence-electron chi connectivity index (χ0n) is 9.56. The molecule has 0 saturated heterocycles. The maximum absolute atomic E-state index is 11.4. The fourth-order valence-electron chi connectivity index (χ4n) is 1.90. The third-order valence-corrected chi connectivity index (χ3v) is 2.91. The number of hydrazine groups is 1. The number of nitrogens with zero attached hydrogens (tertiary/aromatic N) is 1. The van der Waals surface area contributed by atoms with Crippen LogP contribution in [0.3, 0.4) is 0 Å². The van der Waals surface area contributed by atoms with E-state index in [1.165, 1.54) is 6.26 Å². The Morgan fingerprint density at radius 1 is 1.65 bits per heavy atom. The van der Waals surface area contributed by atoms with E-state index >= 15 is 0 Å². The van der Waals surface area contributed by atoms with Gasteiger partial charge in [0.2, 0.25) is 0 Å². The molecule has 6 nitrogen and oxygen atoms in total. The molecule has 1 aromatic rings. The van der Waals surface area contributed by atoms with Crippen molar-refractivity contribution in [2.24, 2.45) is 5.84 Å². The molecule has 1 amide bonds. The van der Waals surface area contributed by atoms with Crippen molar-refractivity contribution >= 4 is 5.91 Å². The maximum Gasteiger partial charge on any atom is 0.301 e. The van der Waals surface area contributed by atoms with Crippen molar-refractivity contribution < 1.29 is 14.3 Å². The molecule has 1 aliphatic rings. The molecule has 17 heavy (non-hydrogen) atoms. The normalized spacial score (nSPS) is 15.2. The van der Waals surface area contributed by atoms with Gasteiger partial charge in [0.15, 0.2) is 5.76 Å². The fraction of sp³-hybridized carbons (Fsp3) is 0.545. The molecular weight excluding hydrogens is 222 g/mol. The Kier molecular flexibility index (Phi) is 3.78. The molecule has 1 aromatic heterocycles. The van der Waals surface area contributed by atoms with Crippen molar-refractivity contribution in [3.8, 4) is 0 Å². The zero-order chi connectivity index (χ0) is 12.3. The van der Waals surface area contributed by atoms with Gasteiger partial charge < -0.3 is 9.52 Å². The number of furan rings is 1. The van der Waals surface area contributed by atoms with Crippen molar-refractivity contribution in [2.45, 2.75) is 25.4 Å². The van der Waals surface area contributed by atoms with Crippen molar-refractivity contribution in [1.29, 1.82) is 0 Å². The van der Waals surface area contributed by atoms with Gasteiger partial charge in [0.05, 0.1) is 12.9 Å². The first kappa shape index (κ1) is 12.1. The first-order chi connectivity index (χ1) is 8.26. The van der Waals surface area contributed by atoms with Gasteiger partial charge in [0.1, 0.15) is 0 Å². The molecule has 0 aliphatic heterocycles. The Hall–Kier alpha value is -1.37. The van der Waals surface area contributed by atoms with E-state index in [0.717, 1.165) is 18.4 Å². The highest BCUT2D eigenvalue weighted by Gasteiger charge is 2.29. The average molecular weight is 239 g/mol. The predicted octanol–water partition coefficient (Wildman–Crippen LogP) is -0.160. The van der Waals surface area contributed by atoms with Gasteiger partial charge in [-0.1, -0.05) is 0 Å². The van der Waals surface area contributed by atoms with Crippen molar-refractivity contribution in [2.75, 3.05) is 13.2 Å². The number of hydrogen-bond acceptors (Lipinski definition) is 5. The summed E-state index contributed by atoms with van der Waals surface area (Å²) in [6.07, 6.45) is 3.77. The number of hydrogen-bond donors (Lipinski definition) is 3. The van der Waals surface area contributed by atoms with Crippen LogP contribution in [0, 0.1) is 0 Å². The summed E-state index contributed by atoms with van der Waals surface area (Å²) in [5, 5.41) is 9.00. The summed E-state index contributed by atoms with van der Waals surface area (Å²) in [4.78, 5) is 13.6. The molecule has 0 unspecified atom stereocenters. The van der Waals surface area contributed by atoms with E-state index in [-0.39, 0.29) is 12.4 Å². The maximum atomic E-state index is 11.4. The second-order valence-corrected chi connectivity index (χ2v) is 4.17. The molecule has 6 heteroatoms. The minimum atomic E-state index is -0.426. The minimum absolute atomic E-state index is 0.118. The van der Waals surface area contributed by atoms with Crippen LogP contribution in [0.25, 0.3) is 0 Å². The number of nitrogens with one attached hydrogen (secondary N) is 1. The van der Waals surface area contributed by atoms with E-state index in [1.54, 1.807) is 6.07 Å². The molecule has 0 bridgehead atoms. The highest BCUT2D eigenvalue weighted by atomic mass is 16.3. The molecule has 0 spiro atoms. The summed E-state index contributed by atoms with van der Waals surface area (Å²) in [5.74, 6) is 4.90. The molecule has 94 valence electrons. The van der Waals surface area contributed by atoms with Crippen LogP contribution in [-0.4, -0.2) is 35.1 Å². The number of rotatable bonds is 6. The van der Waals surface area contributed by atoms with Crippen LogP contribution >= 0.6 is 0 Å². The van der Waals surface area contributed by atoms with Gasteiger partial charge in [-0.2, -0.15) is 0 Å². The third kappa shape index (κ3) is 2.85. The average Bonchev–Trinajstić information content (AvgIpc) is 3.08. The lowest BCUT2D eigenvalue weighted by atomic mass is 10.2. The van der Waals surface area contributed by atoms with Gasteiger partial charge in [0, 0.05) is 24.7 Å². The van der Waals surface area contributed by atoms with Crippen molar-refractivity contribution in [1.82, 2.24) is 10.3 Å². The SMILES string of the molecule is NNC(=O)c1occc1CN(CCO)C1CC1. The van der Waals surface area contributed by atoms with Crippen LogP contribution < -0.4 is 11.3 Å². The van der Waals surface area contributed by atoms with Gasteiger partial charge in [-0.05, 0) is 18.9 Å². The summed E-state index contributed by atoms with van der Waals surface area (Å²) in [7, 11) is 0. The number of nitrogen functional groups attached to an aromatic ring is 1. The summed E-state index contributed by atoms with van der Waals surface area (Å²) >= 11 is 0. The molecule has 2 rings (SSSR count). The van der Waals surface area contributed by atoms with E-state index in [4.69, 9.17) is 15.4 Å². The van der Waals surface area contributed by atoms with E-state index in [1.807, 2.05) is 0 Å². The Morgan fingerprint density at radius 3 is 3.00 bits per heavy atom. The number of carbonyl (C=O) groups excluding carboxylic acids is 1. The van der Waals surface area contributed by atoms with Gasteiger partial charge in [-0.3, -0.25) is 15.1 Å². The van der Waals surface area contributed by atoms with Gasteiger partial charge in [0.25, 0.3) is 0 Å². The molecule has 0 radical (unpaired) electrons. The highest BCUT2D eigenvalue weighted by Crippen LogP contribution is 2.28. The van der Waals surface area contributed by atoms with Crippen LogP contribution in [0.15, 0.2) is 16.7 Å². The number of aliphatic hydroxyl groups excluding tert-OH is 1. The number of carbonyl (C=O) groups is 1. The summed E-state index contributed by atoms with van der Waals surface area (Å²) in [6, 6.07) is 2.28. The molecule has 0 atom stereocenters. The monoisotopic (exact) mass is 239 g/mol. The number of amides is 1. The van der Waals surface area contributed by atoms with E-state index in [0.29, 0.717) is 19.1 Å². The number of aliphatic hydroxyl groups is 1. The molecular formula is C11H17N3O3.